The molecule has 1 fully saturated rings. The third kappa shape index (κ3) is 4.82. The summed E-state index contributed by atoms with van der Waals surface area (Å²) in [6.07, 6.45) is 0. The van der Waals surface area contributed by atoms with Crippen molar-refractivity contribution >= 4 is 24.0 Å². The lowest BCUT2D eigenvalue weighted by atomic mass is 10.1. The van der Waals surface area contributed by atoms with Crippen LogP contribution < -0.4 is 10.6 Å². The number of hydrogen-bond donors (Lipinski definition) is 2. The lowest BCUT2D eigenvalue weighted by Crippen LogP contribution is -2.49. The number of rotatable bonds is 3. The molecule has 1 heterocycles. The van der Waals surface area contributed by atoms with Gasteiger partial charge < -0.3 is 10.6 Å². The zero-order valence-electron chi connectivity index (χ0n) is 11.5. The van der Waals surface area contributed by atoms with Crippen LogP contribution in [0.1, 0.15) is 19.4 Å². The minimum atomic E-state index is -0.0253. The Bertz CT molecular complexity index is 425. The Labute approximate surface area is 121 Å². The first kappa shape index (κ1) is 16.0. The number of anilines is 1. The van der Waals surface area contributed by atoms with Gasteiger partial charge in [-0.2, -0.15) is 0 Å². The highest BCUT2D eigenvalue weighted by Gasteiger charge is 2.17. The number of nitrogens with one attached hydrogen (secondary N) is 2. The molecule has 0 saturated carbocycles. The van der Waals surface area contributed by atoms with Gasteiger partial charge in [0.15, 0.2) is 0 Å². The van der Waals surface area contributed by atoms with E-state index >= 15 is 0 Å². The highest BCUT2D eigenvalue weighted by molar-refractivity contribution is 5.88. The summed E-state index contributed by atoms with van der Waals surface area (Å²) in [7, 11) is 0. The van der Waals surface area contributed by atoms with Crippen LogP contribution >= 0.6 is 12.4 Å². The molecule has 0 unspecified atom stereocenters. The van der Waals surface area contributed by atoms with E-state index in [-0.39, 0.29) is 18.3 Å². The second-order valence-corrected chi connectivity index (χ2v) is 4.91. The maximum absolute atomic E-state index is 11.0. The average Bonchev–Trinajstić information content (AvgIpc) is 2.32. The Morgan fingerprint density at radius 2 is 2.32 bits per heavy atom. The summed E-state index contributed by atoms with van der Waals surface area (Å²) in [6.45, 7) is 7.89. The van der Waals surface area contributed by atoms with Crippen LogP contribution in [-0.4, -0.2) is 36.5 Å². The van der Waals surface area contributed by atoms with Gasteiger partial charge in [0.2, 0.25) is 5.91 Å². The molecule has 5 heteroatoms. The van der Waals surface area contributed by atoms with Gasteiger partial charge in [0, 0.05) is 44.8 Å². The Balaban J connectivity index is 0.00000180. The third-order valence-corrected chi connectivity index (χ3v) is 3.27. The van der Waals surface area contributed by atoms with Gasteiger partial charge in [-0.15, -0.1) is 12.4 Å². The molecule has 1 saturated heterocycles. The molecule has 1 aliphatic heterocycles. The SMILES string of the molecule is CC(=O)Nc1cccc(CN2CCNC[C@@H]2C)c1.Cl. The molecule has 106 valence electrons. The van der Waals surface area contributed by atoms with Crippen molar-refractivity contribution in [3.8, 4) is 0 Å². The first-order chi connectivity index (χ1) is 8.65. The average molecular weight is 284 g/mol. The van der Waals surface area contributed by atoms with Crippen molar-refractivity contribution in [3.05, 3.63) is 29.8 Å². The van der Waals surface area contributed by atoms with Crippen LogP contribution in [-0.2, 0) is 11.3 Å². The number of carbonyl (C=O) groups is 1. The molecule has 1 atom stereocenters. The van der Waals surface area contributed by atoms with E-state index < -0.39 is 0 Å². The van der Waals surface area contributed by atoms with E-state index in [0.29, 0.717) is 6.04 Å². The molecule has 0 aliphatic carbocycles. The molecule has 2 N–H and O–H groups in total. The highest BCUT2D eigenvalue weighted by atomic mass is 35.5. The van der Waals surface area contributed by atoms with E-state index in [9.17, 15) is 4.79 Å². The lowest BCUT2D eigenvalue weighted by molar-refractivity contribution is -0.114. The number of amides is 1. The summed E-state index contributed by atoms with van der Waals surface area (Å²) in [4.78, 5) is 13.5. The lowest BCUT2D eigenvalue weighted by Gasteiger charge is -2.33. The van der Waals surface area contributed by atoms with Gasteiger partial charge in [-0.05, 0) is 24.6 Å². The quantitative estimate of drug-likeness (QED) is 0.890. The molecule has 0 bridgehead atoms. The first-order valence-electron chi connectivity index (χ1n) is 6.46. The summed E-state index contributed by atoms with van der Waals surface area (Å²) < 4.78 is 0. The van der Waals surface area contributed by atoms with E-state index in [1.807, 2.05) is 12.1 Å². The Hall–Kier alpha value is -1.10. The topological polar surface area (TPSA) is 44.4 Å². The van der Waals surface area contributed by atoms with E-state index in [1.165, 1.54) is 12.5 Å². The van der Waals surface area contributed by atoms with Crippen molar-refractivity contribution in [3.63, 3.8) is 0 Å². The van der Waals surface area contributed by atoms with Crippen molar-refractivity contribution in [1.82, 2.24) is 10.2 Å². The maximum Gasteiger partial charge on any atom is 0.221 e. The summed E-state index contributed by atoms with van der Waals surface area (Å²) in [5.41, 5.74) is 2.12. The molecule has 4 nitrogen and oxygen atoms in total. The number of halogens is 1. The number of nitrogens with zero attached hydrogens (tertiary/aromatic N) is 1. The smallest absolute Gasteiger partial charge is 0.221 e. The fourth-order valence-electron chi connectivity index (χ4n) is 2.30. The van der Waals surface area contributed by atoms with E-state index in [1.54, 1.807) is 0 Å². The number of piperazine rings is 1. The van der Waals surface area contributed by atoms with E-state index in [2.05, 4.69) is 34.6 Å². The number of benzene rings is 1. The molecule has 1 aromatic carbocycles. The first-order valence-corrected chi connectivity index (χ1v) is 6.46. The maximum atomic E-state index is 11.0. The van der Waals surface area contributed by atoms with Gasteiger partial charge >= 0.3 is 0 Å². The van der Waals surface area contributed by atoms with Gasteiger partial charge in [-0.3, -0.25) is 9.69 Å². The van der Waals surface area contributed by atoms with Crippen molar-refractivity contribution < 1.29 is 4.79 Å². The Morgan fingerprint density at radius 3 is 3.00 bits per heavy atom. The molecular weight excluding hydrogens is 262 g/mol. The summed E-state index contributed by atoms with van der Waals surface area (Å²) in [5, 5.41) is 6.21. The minimum absolute atomic E-state index is 0. The molecule has 0 spiro atoms. The second-order valence-electron chi connectivity index (χ2n) is 4.91. The van der Waals surface area contributed by atoms with Crippen molar-refractivity contribution in [2.75, 3.05) is 25.0 Å². The highest BCUT2D eigenvalue weighted by Crippen LogP contribution is 2.14. The molecule has 2 rings (SSSR count). The molecule has 1 amide bonds. The van der Waals surface area contributed by atoms with Gasteiger partial charge in [-0.25, -0.2) is 0 Å². The molecule has 1 aromatic rings. The largest absolute Gasteiger partial charge is 0.326 e. The van der Waals surface area contributed by atoms with Crippen LogP contribution in [0.3, 0.4) is 0 Å². The van der Waals surface area contributed by atoms with Crippen LogP contribution in [0.15, 0.2) is 24.3 Å². The second kappa shape index (κ2) is 7.48. The minimum Gasteiger partial charge on any atom is -0.326 e. The zero-order valence-corrected chi connectivity index (χ0v) is 12.3. The van der Waals surface area contributed by atoms with Crippen LogP contribution in [0.5, 0.6) is 0 Å². The normalized spacial score (nSPS) is 19.6. The fourth-order valence-corrected chi connectivity index (χ4v) is 2.30. The standard InChI is InChI=1S/C14H21N3O.ClH/c1-11-9-15-6-7-17(11)10-13-4-3-5-14(8-13)16-12(2)18;/h3-5,8,11,15H,6-7,9-10H2,1-2H3,(H,16,18);1H/t11-;/m0./s1. The molecular formula is C14H22ClN3O. The van der Waals surface area contributed by atoms with Crippen LogP contribution in [0.4, 0.5) is 5.69 Å². The van der Waals surface area contributed by atoms with Crippen LogP contribution in [0.2, 0.25) is 0 Å². The van der Waals surface area contributed by atoms with Gasteiger partial charge in [-0.1, -0.05) is 12.1 Å². The van der Waals surface area contributed by atoms with E-state index in [0.717, 1.165) is 31.9 Å². The predicted molar refractivity (Wildman–Crippen MR) is 80.7 cm³/mol. The summed E-state index contributed by atoms with van der Waals surface area (Å²) in [5.74, 6) is -0.0253. The zero-order chi connectivity index (χ0) is 13.0. The molecule has 1 aliphatic rings. The van der Waals surface area contributed by atoms with Crippen molar-refractivity contribution in [2.24, 2.45) is 0 Å². The van der Waals surface area contributed by atoms with E-state index in [4.69, 9.17) is 0 Å². The summed E-state index contributed by atoms with van der Waals surface area (Å²) in [6, 6.07) is 8.64. The van der Waals surface area contributed by atoms with Crippen molar-refractivity contribution in [1.29, 1.82) is 0 Å². The monoisotopic (exact) mass is 283 g/mol. The third-order valence-electron chi connectivity index (χ3n) is 3.27. The summed E-state index contributed by atoms with van der Waals surface area (Å²) >= 11 is 0. The molecule has 19 heavy (non-hydrogen) atoms. The fraction of sp³-hybridized carbons (Fsp3) is 0.500. The molecule has 0 aromatic heterocycles. The van der Waals surface area contributed by atoms with Crippen molar-refractivity contribution in [2.45, 2.75) is 26.4 Å². The predicted octanol–water partition coefficient (Wildman–Crippen LogP) is 1.86. The Morgan fingerprint density at radius 1 is 1.53 bits per heavy atom. The number of hydrogen-bond acceptors (Lipinski definition) is 3. The van der Waals surface area contributed by atoms with Gasteiger partial charge in [0.1, 0.15) is 0 Å². The Kier molecular flexibility index (Phi) is 6.28. The molecule has 0 radical (unpaired) electrons. The number of carbonyl (C=O) groups excluding carboxylic acids is 1. The van der Waals surface area contributed by atoms with Gasteiger partial charge in [0.25, 0.3) is 0 Å². The van der Waals surface area contributed by atoms with Crippen LogP contribution in [0.25, 0.3) is 0 Å². The van der Waals surface area contributed by atoms with Gasteiger partial charge in [0.05, 0.1) is 0 Å². The van der Waals surface area contributed by atoms with Crippen LogP contribution in [0, 0.1) is 0 Å².